The van der Waals surface area contributed by atoms with E-state index in [4.69, 9.17) is 0 Å². The molecular formula is C16H21N3O. The summed E-state index contributed by atoms with van der Waals surface area (Å²) in [6.07, 6.45) is 3.27. The molecule has 1 amide bonds. The van der Waals surface area contributed by atoms with E-state index in [9.17, 15) is 4.79 Å². The smallest absolute Gasteiger partial charge is 0.220 e. The Balaban J connectivity index is 1.79. The predicted molar refractivity (Wildman–Crippen MR) is 79.2 cm³/mol. The quantitative estimate of drug-likeness (QED) is 0.877. The van der Waals surface area contributed by atoms with Gasteiger partial charge in [0, 0.05) is 25.7 Å². The summed E-state index contributed by atoms with van der Waals surface area (Å²) in [6.45, 7) is 5.50. The van der Waals surface area contributed by atoms with E-state index in [0.717, 1.165) is 29.8 Å². The van der Waals surface area contributed by atoms with Gasteiger partial charge in [0.25, 0.3) is 0 Å². The molecule has 0 unspecified atom stereocenters. The summed E-state index contributed by atoms with van der Waals surface area (Å²) in [4.78, 5) is 11.8. The van der Waals surface area contributed by atoms with Crippen LogP contribution in [0.3, 0.4) is 0 Å². The second kappa shape index (κ2) is 6.89. The predicted octanol–water partition coefficient (Wildman–Crippen LogP) is 2.46. The molecule has 1 aromatic heterocycles. The maximum Gasteiger partial charge on any atom is 0.220 e. The Hall–Kier alpha value is -2.10. The SMILES string of the molecule is CCn1cc(CCC(=O)NCc2ccccc2)c(C)n1. The molecular weight excluding hydrogens is 250 g/mol. The first kappa shape index (κ1) is 14.3. The van der Waals surface area contributed by atoms with Crippen molar-refractivity contribution in [3.63, 3.8) is 0 Å². The number of hydrogen-bond acceptors (Lipinski definition) is 2. The molecule has 0 saturated carbocycles. The number of hydrogen-bond donors (Lipinski definition) is 1. The number of aromatic nitrogens is 2. The molecule has 1 heterocycles. The second-order valence-electron chi connectivity index (χ2n) is 4.86. The molecule has 1 aromatic carbocycles. The molecule has 0 spiro atoms. The Morgan fingerprint density at radius 1 is 1.30 bits per heavy atom. The van der Waals surface area contributed by atoms with Crippen LogP contribution in [0.4, 0.5) is 0 Å². The molecule has 0 saturated heterocycles. The van der Waals surface area contributed by atoms with E-state index in [-0.39, 0.29) is 5.91 Å². The Morgan fingerprint density at radius 3 is 2.70 bits per heavy atom. The fraction of sp³-hybridized carbons (Fsp3) is 0.375. The largest absolute Gasteiger partial charge is 0.352 e. The molecule has 2 rings (SSSR count). The molecule has 0 bridgehead atoms. The van der Waals surface area contributed by atoms with Gasteiger partial charge in [-0.25, -0.2) is 0 Å². The third-order valence-electron chi connectivity index (χ3n) is 3.33. The van der Waals surface area contributed by atoms with Crippen LogP contribution in [0.2, 0.25) is 0 Å². The summed E-state index contributed by atoms with van der Waals surface area (Å²) in [6, 6.07) is 9.94. The number of nitrogens with zero attached hydrogens (tertiary/aromatic N) is 2. The third kappa shape index (κ3) is 3.95. The van der Waals surface area contributed by atoms with Crippen LogP contribution in [-0.2, 0) is 24.3 Å². The number of rotatable bonds is 6. The van der Waals surface area contributed by atoms with Crippen molar-refractivity contribution in [2.45, 2.75) is 39.8 Å². The molecule has 0 radical (unpaired) electrons. The van der Waals surface area contributed by atoms with Crippen LogP contribution < -0.4 is 5.32 Å². The molecule has 4 nitrogen and oxygen atoms in total. The van der Waals surface area contributed by atoms with E-state index in [1.807, 2.05) is 48.1 Å². The minimum Gasteiger partial charge on any atom is -0.352 e. The van der Waals surface area contributed by atoms with Crippen LogP contribution in [0.25, 0.3) is 0 Å². The van der Waals surface area contributed by atoms with Crippen LogP contribution in [0.1, 0.15) is 30.2 Å². The number of carbonyl (C=O) groups is 1. The first-order valence-corrected chi connectivity index (χ1v) is 7.02. The Labute approximate surface area is 119 Å². The standard InChI is InChI=1S/C16H21N3O/c1-3-19-12-15(13(2)18-19)9-10-16(20)17-11-14-7-5-4-6-8-14/h4-8,12H,3,9-11H2,1-2H3,(H,17,20). The topological polar surface area (TPSA) is 46.9 Å². The summed E-state index contributed by atoms with van der Waals surface area (Å²) in [7, 11) is 0. The highest BCUT2D eigenvalue weighted by atomic mass is 16.1. The second-order valence-corrected chi connectivity index (χ2v) is 4.86. The number of benzene rings is 1. The van der Waals surface area contributed by atoms with Gasteiger partial charge in [0.2, 0.25) is 5.91 Å². The van der Waals surface area contributed by atoms with Gasteiger partial charge in [0.05, 0.1) is 5.69 Å². The van der Waals surface area contributed by atoms with E-state index in [0.29, 0.717) is 13.0 Å². The zero-order valence-corrected chi connectivity index (χ0v) is 12.1. The van der Waals surface area contributed by atoms with Crippen molar-refractivity contribution >= 4 is 5.91 Å². The van der Waals surface area contributed by atoms with Gasteiger partial charge in [-0.1, -0.05) is 30.3 Å². The number of nitrogens with one attached hydrogen (secondary N) is 1. The van der Waals surface area contributed by atoms with Crippen molar-refractivity contribution in [3.8, 4) is 0 Å². The van der Waals surface area contributed by atoms with Crippen molar-refractivity contribution in [1.29, 1.82) is 0 Å². The van der Waals surface area contributed by atoms with Gasteiger partial charge in [-0.3, -0.25) is 9.48 Å². The lowest BCUT2D eigenvalue weighted by molar-refractivity contribution is -0.121. The van der Waals surface area contributed by atoms with Crippen LogP contribution >= 0.6 is 0 Å². The summed E-state index contributed by atoms with van der Waals surface area (Å²) in [5.74, 6) is 0.0810. The Morgan fingerprint density at radius 2 is 2.05 bits per heavy atom. The fourth-order valence-electron chi connectivity index (χ4n) is 2.10. The van der Waals surface area contributed by atoms with Crippen molar-refractivity contribution in [3.05, 3.63) is 53.3 Å². The van der Waals surface area contributed by atoms with Gasteiger partial charge in [-0.15, -0.1) is 0 Å². The Bertz CT molecular complexity index is 560. The van der Waals surface area contributed by atoms with E-state index >= 15 is 0 Å². The first-order chi connectivity index (χ1) is 9.69. The van der Waals surface area contributed by atoms with E-state index in [1.54, 1.807) is 0 Å². The number of aryl methyl sites for hydroxylation is 3. The van der Waals surface area contributed by atoms with Crippen LogP contribution in [-0.4, -0.2) is 15.7 Å². The average Bonchev–Trinajstić information content (AvgIpc) is 2.84. The first-order valence-electron chi connectivity index (χ1n) is 7.02. The maximum absolute atomic E-state index is 11.8. The van der Waals surface area contributed by atoms with E-state index < -0.39 is 0 Å². The highest BCUT2D eigenvalue weighted by Gasteiger charge is 2.07. The lowest BCUT2D eigenvalue weighted by atomic mass is 10.1. The summed E-state index contributed by atoms with van der Waals surface area (Å²) in [5.41, 5.74) is 3.29. The molecule has 4 heteroatoms. The summed E-state index contributed by atoms with van der Waals surface area (Å²) >= 11 is 0. The molecule has 1 N–H and O–H groups in total. The normalized spacial score (nSPS) is 10.5. The zero-order chi connectivity index (χ0) is 14.4. The van der Waals surface area contributed by atoms with Crippen LogP contribution in [0, 0.1) is 6.92 Å². The molecule has 0 atom stereocenters. The fourth-order valence-corrected chi connectivity index (χ4v) is 2.10. The lowest BCUT2D eigenvalue weighted by Crippen LogP contribution is -2.22. The van der Waals surface area contributed by atoms with Gasteiger partial charge in [0.15, 0.2) is 0 Å². The molecule has 0 aliphatic heterocycles. The zero-order valence-electron chi connectivity index (χ0n) is 12.1. The van der Waals surface area contributed by atoms with E-state index in [2.05, 4.69) is 17.3 Å². The molecule has 106 valence electrons. The molecule has 0 aliphatic rings. The highest BCUT2D eigenvalue weighted by Crippen LogP contribution is 2.08. The average molecular weight is 271 g/mol. The maximum atomic E-state index is 11.8. The molecule has 0 fully saturated rings. The highest BCUT2D eigenvalue weighted by molar-refractivity contribution is 5.76. The summed E-state index contributed by atoms with van der Waals surface area (Å²) < 4.78 is 1.91. The van der Waals surface area contributed by atoms with Gasteiger partial charge < -0.3 is 5.32 Å². The van der Waals surface area contributed by atoms with Crippen LogP contribution in [0.15, 0.2) is 36.5 Å². The van der Waals surface area contributed by atoms with Gasteiger partial charge >= 0.3 is 0 Å². The van der Waals surface area contributed by atoms with Gasteiger partial charge in [-0.05, 0) is 31.4 Å². The van der Waals surface area contributed by atoms with E-state index in [1.165, 1.54) is 0 Å². The Kier molecular flexibility index (Phi) is 4.93. The molecule has 2 aromatic rings. The number of carbonyl (C=O) groups excluding carboxylic acids is 1. The van der Waals surface area contributed by atoms with Gasteiger partial charge in [-0.2, -0.15) is 5.10 Å². The third-order valence-corrected chi connectivity index (χ3v) is 3.33. The summed E-state index contributed by atoms with van der Waals surface area (Å²) in [5, 5.41) is 7.33. The van der Waals surface area contributed by atoms with Crippen LogP contribution in [0.5, 0.6) is 0 Å². The minimum absolute atomic E-state index is 0.0810. The van der Waals surface area contributed by atoms with Crippen molar-refractivity contribution in [2.75, 3.05) is 0 Å². The van der Waals surface area contributed by atoms with Crippen molar-refractivity contribution < 1.29 is 4.79 Å². The molecule has 20 heavy (non-hydrogen) atoms. The van der Waals surface area contributed by atoms with Crippen molar-refractivity contribution in [2.24, 2.45) is 0 Å². The number of amides is 1. The monoisotopic (exact) mass is 271 g/mol. The van der Waals surface area contributed by atoms with Gasteiger partial charge in [0.1, 0.15) is 0 Å². The lowest BCUT2D eigenvalue weighted by Gasteiger charge is -2.05. The molecule has 0 aliphatic carbocycles. The van der Waals surface area contributed by atoms with Crippen molar-refractivity contribution in [1.82, 2.24) is 15.1 Å². The minimum atomic E-state index is 0.0810.